The van der Waals surface area contributed by atoms with Gasteiger partial charge in [-0.15, -0.1) is 0 Å². The van der Waals surface area contributed by atoms with Crippen molar-refractivity contribution in [1.82, 2.24) is 0 Å². The van der Waals surface area contributed by atoms with Gasteiger partial charge in [-0.2, -0.15) is 0 Å². The van der Waals surface area contributed by atoms with Crippen molar-refractivity contribution in [2.24, 2.45) is 0 Å². The highest BCUT2D eigenvalue weighted by Crippen LogP contribution is 2.11. The quantitative estimate of drug-likeness (QED) is 0.155. The zero-order valence-corrected chi connectivity index (χ0v) is 17.7. The summed E-state index contributed by atoms with van der Waals surface area (Å²) in [6.07, 6.45) is 21.9. The zero-order chi connectivity index (χ0) is 19.0. The Morgan fingerprint density at radius 1 is 0.960 bits per heavy atom. The molecule has 0 aliphatic rings. The average Bonchev–Trinajstić information content (AvgIpc) is 2.51. The molecular weight excluding hydrogens is 330 g/mol. The lowest BCUT2D eigenvalue weighted by molar-refractivity contribution is -0.137. The summed E-state index contributed by atoms with van der Waals surface area (Å²) < 4.78 is 6.21. The summed E-state index contributed by atoms with van der Waals surface area (Å²) in [5, 5.41) is 8.58. The molecule has 0 saturated carbocycles. The minimum atomic E-state index is -1.56. The highest BCUT2D eigenvalue weighted by molar-refractivity contribution is 6.69. The first-order chi connectivity index (χ1) is 11.8. The third-order valence-corrected chi connectivity index (χ3v) is 4.55. The van der Waals surface area contributed by atoms with E-state index in [1.54, 1.807) is 0 Å². The number of aliphatic carboxylic acids is 1. The Hall–Kier alpha value is -1.13. The Bertz CT molecular complexity index is 419. The van der Waals surface area contributed by atoms with Gasteiger partial charge in [-0.25, -0.2) is 0 Å². The van der Waals surface area contributed by atoms with Crippen LogP contribution in [0.4, 0.5) is 0 Å². The van der Waals surface area contributed by atoms with E-state index in [2.05, 4.69) is 63.0 Å². The van der Waals surface area contributed by atoms with E-state index in [9.17, 15) is 4.79 Å². The molecule has 0 heterocycles. The lowest BCUT2D eigenvalue weighted by atomic mass is 10.1. The fraction of sp³-hybridized carbons (Fsp3) is 0.667. The van der Waals surface area contributed by atoms with Crippen LogP contribution in [0.2, 0.25) is 19.6 Å². The highest BCUT2D eigenvalue weighted by Gasteiger charge is 2.17. The number of allylic oxidation sites excluding steroid dienone is 4. The van der Waals surface area contributed by atoms with Gasteiger partial charge in [-0.3, -0.25) is 4.79 Å². The molecule has 25 heavy (non-hydrogen) atoms. The summed E-state index contributed by atoms with van der Waals surface area (Å²) >= 11 is 0. The molecule has 0 fully saturated rings. The minimum Gasteiger partial charge on any atom is -0.481 e. The summed E-state index contributed by atoms with van der Waals surface area (Å²) in [5.74, 6) is -0.705. The van der Waals surface area contributed by atoms with Crippen LogP contribution < -0.4 is 0 Å². The first-order valence-electron chi connectivity index (χ1n) is 9.73. The maximum Gasteiger partial charge on any atom is 0.303 e. The predicted octanol–water partition coefficient (Wildman–Crippen LogP) is 6.49. The fourth-order valence-corrected chi connectivity index (χ4v) is 3.31. The van der Waals surface area contributed by atoms with Crippen LogP contribution in [0.25, 0.3) is 0 Å². The molecule has 0 bridgehead atoms. The number of hydrogen-bond donors (Lipinski definition) is 1. The molecule has 0 saturated heterocycles. The monoisotopic (exact) mass is 368 g/mol. The molecule has 0 aromatic heterocycles. The number of carbonyl (C=O) groups is 1. The van der Waals surface area contributed by atoms with Crippen LogP contribution in [0.5, 0.6) is 0 Å². The van der Waals surface area contributed by atoms with Crippen molar-refractivity contribution < 1.29 is 14.3 Å². The molecule has 1 N–H and O–H groups in total. The maximum absolute atomic E-state index is 10.4. The van der Waals surface area contributed by atoms with Crippen LogP contribution in [-0.2, 0) is 9.22 Å². The van der Waals surface area contributed by atoms with E-state index >= 15 is 0 Å². The summed E-state index contributed by atoms with van der Waals surface area (Å²) in [4.78, 5) is 10.4. The summed E-state index contributed by atoms with van der Waals surface area (Å²) in [6, 6.07) is 0. The van der Waals surface area contributed by atoms with Crippen LogP contribution in [0.1, 0.15) is 64.7 Å². The molecule has 0 spiro atoms. The van der Waals surface area contributed by atoms with E-state index in [1.165, 1.54) is 19.3 Å². The van der Waals surface area contributed by atoms with E-state index in [0.717, 1.165) is 32.1 Å². The molecule has 4 heteroatoms. The SMILES string of the molecule is CCCCC/C=C\[C@H](/C=C\C/C=C\CCCCC(=O)O)[18O][Si](C)(C)C. The Morgan fingerprint density at radius 2 is 1.60 bits per heavy atom. The third-order valence-electron chi connectivity index (χ3n) is 3.57. The Labute approximate surface area is 156 Å². The molecule has 0 aliphatic heterocycles. The molecule has 0 aromatic rings. The topological polar surface area (TPSA) is 46.5 Å². The van der Waals surface area contributed by atoms with Crippen LogP contribution >= 0.6 is 0 Å². The molecule has 0 radical (unpaired) electrons. The second-order valence-corrected chi connectivity index (χ2v) is 11.9. The summed E-state index contributed by atoms with van der Waals surface area (Å²) in [7, 11) is -1.56. The van der Waals surface area contributed by atoms with Gasteiger partial charge in [0.1, 0.15) is 0 Å². The van der Waals surface area contributed by atoms with Gasteiger partial charge in [0, 0.05) is 6.42 Å². The lowest BCUT2D eigenvalue weighted by Crippen LogP contribution is -2.30. The lowest BCUT2D eigenvalue weighted by Gasteiger charge is -2.22. The van der Waals surface area contributed by atoms with Crippen molar-refractivity contribution in [3.63, 3.8) is 0 Å². The van der Waals surface area contributed by atoms with E-state index in [-0.39, 0.29) is 12.5 Å². The van der Waals surface area contributed by atoms with Crippen LogP contribution in [0.15, 0.2) is 36.5 Å². The predicted molar refractivity (Wildman–Crippen MR) is 111 cm³/mol. The van der Waals surface area contributed by atoms with E-state index in [1.807, 2.05) is 0 Å². The van der Waals surface area contributed by atoms with Crippen molar-refractivity contribution in [3.8, 4) is 0 Å². The number of carboxylic acid groups (broad SMARTS) is 1. The van der Waals surface area contributed by atoms with Gasteiger partial charge in [-0.05, 0) is 58.2 Å². The van der Waals surface area contributed by atoms with Crippen molar-refractivity contribution in [2.75, 3.05) is 0 Å². The van der Waals surface area contributed by atoms with Gasteiger partial charge >= 0.3 is 5.97 Å². The van der Waals surface area contributed by atoms with Gasteiger partial charge < -0.3 is 9.53 Å². The first kappa shape index (κ1) is 23.9. The fourth-order valence-electron chi connectivity index (χ4n) is 2.34. The molecule has 3 nitrogen and oxygen atoms in total. The Balaban J connectivity index is 4.16. The first-order valence-corrected chi connectivity index (χ1v) is 13.1. The van der Waals surface area contributed by atoms with Crippen LogP contribution in [0.3, 0.4) is 0 Å². The van der Waals surface area contributed by atoms with Crippen molar-refractivity contribution in [1.29, 1.82) is 0 Å². The number of unbranched alkanes of at least 4 members (excludes halogenated alkanes) is 5. The standard InChI is InChI=1S/C21H38O3Si/c1-5-6-7-11-14-17-20(24-25(2,3)4)18-15-12-9-8-10-13-16-19-21(22)23/h8-9,14-15,17-18,20H,5-7,10-13,16,19H2,1-4H3,(H,22,23)/b9-8-,17-14-,18-15-/t20-/m1/s1/i24+2. The van der Waals surface area contributed by atoms with Crippen molar-refractivity contribution >= 4 is 14.3 Å². The molecular formula is C21H38O3Si. The van der Waals surface area contributed by atoms with E-state index in [4.69, 9.17) is 9.53 Å². The second kappa shape index (κ2) is 15.1. The van der Waals surface area contributed by atoms with Gasteiger partial charge in [-0.1, -0.05) is 56.2 Å². The molecule has 144 valence electrons. The molecule has 0 amide bonds. The number of rotatable bonds is 15. The summed E-state index contributed by atoms with van der Waals surface area (Å²) in [5.41, 5.74) is 0. The maximum atomic E-state index is 10.4. The van der Waals surface area contributed by atoms with Crippen LogP contribution in [-0.4, -0.2) is 25.5 Å². The molecule has 0 unspecified atom stereocenters. The minimum absolute atomic E-state index is 0.0808. The highest BCUT2D eigenvalue weighted by atomic mass is 28.4. The van der Waals surface area contributed by atoms with Crippen molar-refractivity contribution in [3.05, 3.63) is 36.5 Å². The van der Waals surface area contributed by atoms with Gasteiger partial charge in [0.2, 0.25) is 0 Å². The second-order valence-electron chi connectivity index (χ2n) is 7.39. The van der Waals surface area contributed by atoms with E-state index < -0.39 is 14.3 Å². The number of hydrogen-bond acceptors (Lipinski definition) is 2. The molecule has 0 aromatic carbocycles. The van der Waals surface area contributed by atoms with Gasteiger partial charge in [0.15, 0.2) is 8.32 Å². The normalized spacial score (nSPS) is 14.1. The zero-order valence-electron chi connectivity index (χ0n) is 16.7. The average molecular weight is 369 g/mol. The number of carboxylic acids is 1. The van der Waals surface area contributed by atoms with E-state index in [0.29, 0.717) is 0 Å². The largest absolute Gasteiger partial charge is 0.481 e. The summed E-state index contributed by atoms with van der Waals surface area (Å²) in [6.45, 7) is 8.88. The third kappa shape index (κ3) is 19.0. The molecule has 0 aliphatic carbocycles. The smallest absolute Gasteiger partial charge is 0.303 e. The van der Waals surface area contributed by atoms with Gasteiger partial charge in [0.25, 0.3) is 0 Å². The van der Waals surface area contributed by atoms with Gasteiger partial charge in [0.05, 0.1) is 6.10 Å². The Morgan fingerprint density at radius 3 is 2.24 bits per heavy atom. The Kier molecular flexibility index (Phi) is 14.5. The molecule has 0 rings (SSSR count). The van der Waals surface area contributed by atoms with Crippen molar-refractivity contribution in [2.45, 2.75) is 90.5 Å². The van der Waals surface area contributed by atoms with Crippen LogP contribution in [0, 0.1) is 0 Å². The molecule has 1 atom stereocenters.